The summed E-state index contributed by atoms with van der Waals surface area (Å²) in [5.41, 5.74) is 2.19. The van der Waals surface area contributed by atoms with Crippen molar-refractivity contribution in [3.8, 4) is 0 Å². The number of sulfonamides is 2. The maximum atomic E-state index is 13.3. The number of rotatable bonds is 7. The van der Waals surface area contributed by atoms with Gasteiger partial charge in [0.25, 0.3) is 10.0 Å². The molecule has 0 aliphatic carbocycles. The van der Waals surface area contributed by atoms with Crippen molar-refractivity contribution < 1.29 is 31.1 Å². The van der Waals surface area contributed by atoms with Crippen LogP contribution in [0.3, 0.4) is 0 Å². The second kappa shape index (κ2) is 10.3. The smallest absolute Gasteiger partial charge is 0.338 e. The quantitative estimate of drug-likeness (QED) is 0.422. The molecule has 0 radical (unpaired) electrons. The third kappa shape index (κ3) is 5.12. The van der Waals surface area contributed by atoms with E-state index in [9.17, 15) is 21.6 Å². The Morgan fingerprint density at radius 2 is 1.51 bits per heavy atom. The number of benzene rings is 3. The van der Waals surface area contributed by atoms with Gasteiger partial charge in [-0.1, -0.05) is 36.4 Å². The maximum absolute atomic E-state index is 13.3. The molecule has 0 bridgehead atoms. The average Bonchev–Trinajstić information content (AvgIpc) is 3.38. The number of carbonyl (C=O) groups is 1. The summed E-state index contributed by atoms with van der Waals surface area (Å²) in [6.45, 7) is 1.42. The van der Waals surface area contributed by atoms with Crippen molar-refractivity contribution in [3.05, 3.63) is 89.5 Å². The van der Waals surface area contributed by atoms with E-state index in [0.717, 1.165) is 5.56 Å². The van der Waals surface area contributed by atoms with Crippen LogP contribution in [0.25, 0.3) is 0 Å². The van der Waals surface area contributed by atoms with Crippen molar-refractivity contribution in [1.82, 2.24) is 4.31 Å². The summed E-state index contributed by atoms with van der Waals surface area (Å²) < 4.78 is 65.8. The molecule has 11 heteroatoms. The number of fused-ring (bicyclic) bond motifs is 1. The highest BCUT2D eigenvalue weighted by atomic mass is 32.2. The number of ether oxygens (including phenoxy) is 2. The van der Waals surface area contributed by atoms with E-state index in [-0.39, 0.29) is 35.1 Å². The van der Waals surface area contributed by atoms with Gasteiger partial charge in [0.1, 0.15) is 6.61 Å². The van der Waals surface area contributed by atoms with Crippen LogP contribution in [0.1, 0.15) is 21.5 Å². The van der Waals surface area contributed by atoms with Crippen LogP contribution in [0.5, 0.6) is 0 Å². The Bertz CT molecular complexity index is 1530. The summed E-state index contributed by atoms with van der Waals surface area (Å²) in [5.74, 6) is -0.708. The van der Waals surface area contributed by atoms with Crippen LogP contribution < -0.4 is 4.31 Å². The Morgan fingerprint density at radius 3 is 2.30 bits per heavy atom. The van der Waals surface area contributed by atoms with Crippen LogP contribution >= 0.6 is 0 Å². The average molecular weight is 543 g/mol. The summed E-state index contributed by atoms with van der Waals surface area (Å²) in [6.07, 6.45) is 0.622. The summed E-state index contributed by atoms with van der Waals surface area (Å²) in [5, 5.41) is 0. The summed E-state index contributed by atoms with van der Waals surface area (Å²) in [6, 6.07) is 19.3. The zero-order valence-corrected chi connectivity index (χ0v) is 21.6. The molecule has 0 amide bonds. The van der Waals surface area contributed by atoms with Crippen LogP contribution in [0, 0.1) is 0 Å². The molecule has 37 heavy (non-hydrogen) atoms. The molecule has 2 aliphatic rings. The normalized spacial score (nSPS) is 16.4. The van der Waals surface area contributed by atoms with Gasteiger partial charge < -0.3 is 9.47 Å². The van der Waals surface area contributed by atoms with E-state index in [0.29, 0.717) is 37.4 Å². The number of para-hydroxylation sites is 1. The van der Waals surface area contributed by atoms with Crippen molar-refractivity contribution >= 4 is 31.7 Å². The fraction of sp³-hybridized carbons (Fsp3) is 0.269. The molecule has 2 aliphatic heterocycles. The van der Waals surface area contributed by atoms with Gasteiger partial charge >= 0.3 is 5.97 Å². The third-order valence-corrected chi connectivity index (χ3v) is 10.1. The molecule has 9 nitrogen and oxygen atoms in total. The Hall–Kier alpha value is -3.25. The van der Waals surface area contributed by atoms with E-state index in [4.69, 9.17) is 9.47 Å². The maximum Gasteiger partial charge on any atom is 0.338 e. The first kappa shape index (κ1) is 25.4. The van der Waals surface area contributed by atoms with Gasteiger partial charge in [-0.15, -0.1) is 0 Å². The van der Waals surface area contributed by atoms with Crippen LogP contribution in [0.2, 0.25) is 0 Å². The van der Waals surface area contributed by atoms with Gasteiger partial charge in [0.2, 0.25) is 10.0 Å². The molecule has 0 aromatic heterocycles. The van der Waals surface area contributed by atoms with Gasteiger partial charge in [-0.2, -0.15) is 4.31 Å². The number of morpholine rings is 1. The minimum Gasteiger partial charge on any atom is -0.457 e. The van der Waals surface area contributed by atoms with Crippen molar-refractivity contribution in [3.63, 3.8) is 0 Å². The molecular formula is C26H26N2O7S2. The number of hydrogen-bond donors (Lipinski definition) is 0. The second-order valence-electron chi connectivity index (χ2n) is 8.72. The largest absolute Gasteiger partial charge is 0.457 e. The predicted octanol–water partition coefficient (Wildman–Crippen LogP) is 2.82. The molecule has 3 aromatic carbocycles. The van der Waals surface area contributed by atoms with Gasteiger partial charge in [-0.25, -0.2) is 21.6 Å². The number of nitrogens with zero attached hydrogens (tertiary/aromatic N) is 2. The molecule has 0 saturated carbocycles. The molecule has 0 atom stereocenters. The monoisotopic (exact) mass is 542 g/mol. The lowest BCUT2D eigenvalue weighted by Gasteiger charge is -2.26. The Morgan fingerprint density at radius 1 is 0.811 bits per heavy atom. The van der Waals surface area contributed by atoms with E-state index in [2.05, 4.69) is 0 Å². The lowest BCUT2D eigenvalue weighted by atomic mass is 10.2. The molecule has 3 aromatic rings. The highest BCUT2D eigenvalue weighted by molar-refractivity contribution is 7.92. The lowest BCUT2D eigenvalue weighted by Crippen LogP contribution is -2.40. The zero-order chi connectivity index (χ0) is 26.0. The van der Waals surface area contributed by atoms with E-state index < -0.39 is 26.0 Å². The fourth-order valence-electron chi connectivity index (χ4n) is 4.43. The van der Waals surface area contributed by atoms with Crippen LogP contribution in [0.15, 0.2) is 82.6 Å². The lowest BCUT2D eigenvalue weighted by molar-refractivity contribution is 0.0472. The Kier molecular flexibility index (Phi) is 7.04. The molecule has 1 fully saturated rings. The van der Waals surface area contributed by atoms with Crippen LogP contribution in [0.4, 0.5) is 5.69 Å². The molecule has 0 spiro atoms. The van der Waals surface area contributed by atoms with Gasteiger partial charge in [-0.05, 0) is 53.9 Å². The Labute approximate surface area is 216 Å². The molecule has 0 unspecified atom stereocenters. The zero-order valence-electron chi connectivity index (χ0n) is 19.9. The molecule has 0 N–H and O–H groups in total. The SMILES string of the molecule is O=C(OCc1cccc(S(=O)(=O)N2CCOCC2)c1)c1cccc(S(=O)(=O)N2CCc3ccccc32)c1. The number of hydrogen-bond acceptors (Lipinski definition) is 7. The highest BCUT2D eigenvalue weighted by Gasteiger charge is 2.31. The number of anilines is 1. The minimum atomic E-state index is -3.86. The first-order chi connectivity index (χ1) is 17.8. The van der Waals surface area contributed by atoms with E-state index >= 15 is 0 Å². The first-order valence-corrected chi connectivity index (χ1v) is 14.7. The van der Waals surface area contributed by atoms with Crippen molar-refractivity contribution in [2.24, 2.45) is 0 Å². The van der Waals surface area contributed by atoms with Crippen LogP contribution in [-0.2, 0) is 42.5 Å². The second-order valence-corrected chi connectivity index (χ2v) is 12.5. The van der Waals surface area contributed by atoms with Gasteiger partial charge in [0.15, 0.2) is 0 Å². The minimum absolute atomic E-state index is 0.00254. The van der Waals surface area contributed by atoms with Crippen molar-refractivity contribution in [2.45, 2.75) is 22.8 Å². The topological polar surface area (TPSA) is 110 Å². The molecule has 194 valence electrons. The van der Waals surface area contributed by atoms with E-state index in [1.807, 2.05) is 12.1 Å². The molecule has 5 rings (SSSR count). The molecule has 1 saturated heterocycles. The molecular weight excluding hydrogens is 516 g/mol. The van der Waals surface area contributed by atoms with Gasteiger partial charge in [0, 0.05) is 19.6 Å². The predicted molar refractivity (Wildman–Crippen MR) is 136 cm³/mol. The van der Waals surface area contributed by atoms with Gasteiger partial charge in [-0.3, -0.25) is 4.31 Å². The highest BCUT2D eigenvalue weighted by Crippen LogP contribution is 2.32. The van der Waals surface area contributed by atoms with Crippen molar-refractivity contribution in [1.29, 1.82) is 0 Å². The molecule has 2 heterocycles. The fourth-order valence-corrected chi connectivity index (χ4v) is 7.46. The van der Waals surface area contributed by atoms with E-state index in [1.54, 1.807) is 24.3 Å². The summed E-state index contributed by atoms with van der Waals surface area (Å²) in [7, 11) is -7.55. The van der Waals surface area contributed by atoms with E-state index in [1.165, 1.54) is 45.0 Å². The van der Waals surface area contributed by atoms with Gasteiger partial charge in [0.05, 0.1) is 34.3 Å². The van der Waals surface area contributed by atoms with Crippen LogP contribution in [-0.4, -0.2) is 60.0 Å². The summed E-state index contributed by atoms with van der Waals surface area (Å²) in [4.78, 5) is 12.9. The number of esters is 1. The van der Waals surface area contributed by atoms with Crippen molar-refractivity contribution in [2.75, 3.05) is 37.2 Å². The third-order valence-electron chi connectivity index (χ3n) is 6.38. The standard InChI is InChI=1S/C26H26N2O7S2/c29-26(35-19-20-5-3-8-23(17-20)36(30,31)27-13-15-34-16-14-27)22-7-4-9-24(18-22)37(32,33)28-12-11-21-6-1-2-10-25(21)28/h1-10,17-18H,11-16,19H2. The Balaban J connectivity index is 1.30. The summed E-state index contributed by atoms with van der Waals surface area (Å²) >= 11 is 0. The number of carbonyl (C=O) groups excluding carboxylic acids is 1. The first-order valence-electron chi connectivity index (χ1n) is 11.8.